The van der Waals surface area contributed by atoms with Gasteiger partial charge in [-0.15, -0.1) is 0 Å². The number of allylic oxidation sites excluding steroid dienone is 1. The van der Waals surface area contributed by atoms with E-state index in [2.05, 4.69) is 12.8 Å². The molecule has 0 fully saturated rings. The maximum atomic E-state index is 6.07. The lowest BCUT2D eigenvalue weighted by atomic mass is 10.0. The first-order chi connectivity index (χ1) is 8.22. The van der Waals surface area contributed by atoms with Gasteiger partial charge in [0.15, 0.2) is 0 Å². The number of furan rings is 1. The van der Waals surface area contributed by atoms with E-state index in [-0.39, 0.29) is 0 Å². The Morgan fingerprint density at radius 1 is 1.47 bits per heavy atom. The quantitative estimate of drug-likeness (QED) is 0.761. The van der Waals surface area contributed by atoms with Gasteiger partial charge in [0.25, 0.3) is 0 Å². The normalized spacial score (nSPS) is 14.1. The summed E-state index contributed by atoms with van der Waals surface area (Å²) in [6, 6.07) is 0. The minimum absolute atomic E-state index is 0.771. The van der Waals surface area contributed by atoms with Gasteiger partial charge in [0.1, 0.15) is 10.8 Å². The molecule has 0 N–H and O–H groups in total. The summed E-state index contributed by atoms with van der Waals surface area (Å²) >= 11 is 7.97. The summed E-state index contributed by atoms with van der Waals surface area (Å²) in [7, 11) is 0. The first kappa shape index (κ1) is 12.8. The van der Waals surface area contributed by atoms with Gasteiger partial charge in [-0.3, -0.25) is 0 Å². The van der Waals surface area contributed by atoms with Crippen LogP contribution >= 0.6 is 23.4 Å². The standard InChI is InChI=1S/C14H17ClOS/c1-10-12(5-3-4-8-17-2)13-9-11(15)6-7-14(13)16-10/h7,9H,1,3-6,8H2,2H3. The third-order valence-electron chi connectivity index (χ3n) is 2.97. The van der Waals surface area contributed by atoms with Crippen molar-refractivity contribution < 1.29 is 4.42 Å². The molecule has 0 radical (unpaired) electrons. The lowest BCUT2D eigenvalue weighted by Crippen LogP contribution is -2.05. The molecular weight excluding hydrogens is 252 g/mol. The molecule has 0 amide bonds. The van der Waals surface area contributed by atoms with E-state index in [9.17, 15) is 0 Å². The zero-order chi connectivity index (χ0) is 12.3. The molecule has 0 saturated heterocycles. The minimum Gasteiger partial charge on any atom is -0.457 e. The van der Waals surface area contributed by atoms with Crippen LogP contribution in [0.4, 0.5) is 0 Å². The highest BCUT2D eigenvalue weighted by atomic mass is 35.5. The molecule has 0 spiro atoms. The van der Waals surface area contributed by atoms with Gasteiger partial charge in [0, 0.05) is 22.6 Å². The fourth-order valence-corrected chi connectivity index (χ4v) is 2.77. The molecule has 0 aromatic carbocycles. The SMILES string of the molecule is C=c1oc2c(c1CCCCSC)C=C(Cl)CC=2. The van der Waals surface area contributed by atoms with E-state index >= 15 is 0 Å². The van der Waals surface area contributed by atoms with Crippen molar-refractivity contribution in [3.8, 4) is 0 Å². The summed E-state index contributed by atoms with van der Waals surface area (Å²) in [4.78, 5) is 0. The van der Waals surface area contributed by atoms with Crippen molar-refractivity contribution in [2.45, 2.75) is 25.7 Å². The highest BCUT2D eigenvalue weighted by Gasteiger charge is 2.12. The van der Waals surface area contributed by atoms with Crippen LogP contribution in [0.3, 0.4) is 0 Å². The average Bonchev–Trinajstić information content (AvgIpc) is 2.61. The van der Waals surface area contributed by atoms with E-state index in [1.165, 1.54) is 24.2 Å². The fourth-order valence-electron chi connectivity index (χ4n) is 2.09. The first-order valence-electron chi connectivity index (χ1n) is 5.88. The molecule has 1 aromatic heterocycles. The third-order valence-corrected chi connectivity index (χ3v) is 3.93. The van der Waals surface area contributed by atoms with Gasteiger partial charge in [0.05, 0.1) is 0 Å². The molecular formula is C14H17ClOS. The zero-order valence-electron chi connectivity index (χ0n) is 10.1. The maximum Gasteiger partial charge on any atom is 0.131 e. The molecule has 1 aliphatic carbocycles. The molecule has 1 aliphatic rings. The predicted octanol–water partition coefficient (Wildman–Crippen LogP) is 3.14. The molecule has 2 rings (SSSR count). The van der Waals surface area contributed by atoms with Crippen LogP contribution in [0.2, 0.25) is 0 Å². The van der Waals surface area contributed by atoms with Crippen molar-refractivity contribution >= 4 is 42.1 Å². The van der Waals surface area contributed by atoms with Crippen LogP contribution in [0.25, 0.3) is 18.7 Å². The molecule has 3 heteroatoms. The number of unbranched alkanes of at least 4 members (excludes halogenated alkanes) is 1. The smallest absolute Gasteiger partial charge is 0.131 e. The Morgan fingerprint density at radius 2 is 2.29 bits per heavy atom. The number of fused-ring (bicyclic) bond motifs is 1. The monoisotopic (exact) mass is 268 g/mol. The Balaban J connectivity index is 2.18. The van der Waals surface area contributed by atoms with E-state index in [1.807, 2.05) is 23.9 Å². The Bertz CT molecular complexity index is 527. The van der Waals surface area contributed by atoms with E-state index in [0.717, 1.165) is 34.3 Å². The Hall–Kier alpha value is -0.600. The van der Waals surface area contributed by atoms with Crippen LogP contribution in [0.1, 0.15) is 30.4 Å². The van der Waals surface area contributed by atoms with E-state index in [4.69, 9.17) is 16.0 Å². The van der Waals surface area contributed by atoms with Gasteiger partial charge in [-0.2, -0.15) is 11.8 Å². The summed E-state index contributed by atoms with van der Waals surface area (Å²) in [5.74, 6) is 1.22. The largest absolute Gasteiger partial charge is 0.457 e. The number of rotatable bonds is 5. The molecule has 1 nitrogen and oxygen atoms in total. The number of hydrogen-bond acceptors (Lipinski definition) is 2. The van der Waals surface area contributed by atoms with Crippen molar-refractivity contribution in [2.24, 2.45) is 0 Å². The van der Waals surface area contributed by atoms with Crippen molar-refractivity contribution in [2.75, 3.05) is 12.0 Å². The van der Waals surface area contributed by atoms with Gasteiger partial charge in [-0.25, -0.2) is 0 Å². The van der Waals surface area contributed by atoms with Crippen LogP contribution in [-0.2, 0) is 6.42 Å². The van der Waals surface area contributed by atoms with Crippen molar-refractivity contribution in [1.82, 2.24) is 0 Å². The Labute approximate surface area is 111 Å². The third kappa shape index (κ3) is 2.99. The Kier molecular flexibility index (Phi) is 4.41. The summed E-state index contributed by atoms with van der Waals surface area (Å²) in [6.45, 7) is 3.99. The van der Waals surface area contributed by atoms with Gasteiger partial charge in [-0.1, -0.05) is 18.2 Å². The summed E-state index contributed by atoms with van der Waals surface area (Å²) in [5, 5.41) is 0.878. The van der Waals surface area contributed by atoms with Crippen LogP contribution in [0.15, 0.2) is 9.45 Å². The molecule has 17 heavy (non-hydrogen) atoms. The van der Waals surface area contributed by atoms with Gasteiger partial charge < -0.3 is 4.42 Å². The van der Waals surface area contributed by atoms with Crippen LogP contribution < -0.4 is 10.8 Å². The highest BCUT2D eigenvalue weighted by molar-refractivity contribution is 7.98. The molecule has 1 aromatic rings. The van der Waals surface area contributed by atoms with Gasteiger partial charge >= 0.3 is 0 Å². The minimum atomic E-state index is 0.771. The number of thioether (sulfide) groups is 1. The van der Waals surface area contributed by atoms with Crippen molar-refractivity contribution in [3.63, 3.8) is 0 Å². The van der Waals surface area contributed by atoms with Crippen molar-refractivity contribution in [3.05, 3.63) is 27.0 Å². The molecule has 0 aliphatic heterocycles. The Morgan fingerprint density at radius 3 is 3.06 bits per heavy atom. The fraction of sp³-hybridized carbons (Fsp3) is 0.429. The van der Waals surface area contributed by atoms with E-state index in [1.54, 1.807) is 0 Å². The number of halogens is 1. The topological polar surface area (TPSA) is 13.1 Å². The first-order valence-corrected chi connectivity index (χ1v) is 7.65. The van der Waals surface area contributed by atoms with Crippen molar-refractivity contribution in [1.29, 1.82) is 0 Å². The molecule has 0 unspecified atom stereocenters. The maximum absolute atomic E-state index is 6.07. The zero-order valence-corrected chi connectivity index (χ0v) is 11.7. The molecule has 0 bridgehead atoms. The molecule has 1 heterocycles. The highest BCUT2D eigenvalue weighted by Crippen LogP contribution is 2.19. The summed E-state index contributed by atoms with van der Waals surface area (Å²) in [6.07, 6.45) is 10.4. The second-order valence-corrected chi connectivity index (χ2v) is 5.70. The summed E-state index contributed by atoms with van der Waals surface area (Å²) in [5.41, 5.74) is 4.13. The molecule has 0 atom stereocenters. The van der Waals surface area contributed by atoms with Crippen LogP contribution in [-0.4, -0.2) is 12.0 Å². The number of hydrogen-bond donors (Lipinski definition) is 0. The second kappa shape index (κ2) is 5.83. The lowest BCUT2D eigenvalue weighted by molar-refractivity contribution is 0.497. The van der Waals surface area contributed by atoms with Gasteiger partial charge in [-0.05, 0) is 43.4 Å². The van der Waals surface area contributed by atoms with E-state index < -0.39 is 0 Å². The molecule has 92 valence electrons. The average molecular weight is 269 g/mol. The predicted molar refractivity (Wildman–Crippen MR) is 77.7 cm³/mol. The van der Waals surface area contributed by atoms with E-state index in [0.29, 0.717) is 0 Å². The second-order valence-electron chi connectivity index (χ2n) is 4.23. The van der Waals surface area contributed by atoms with Crippen LogP contribution in [0.5, 0.6) is 0 Å². The lowest BCUT2D eigenvalue weighted by Gasteiger charge is -2.03. The van der Waals surface area contributed by atoms with Gasteiger partial charge in [0.2, 0.25) is 0 Å². The molecule has 0 saturated carbocycles. The van der Waals surface area contributed by atoms with Crippen LogP contribution in [0, 0.1) is 0 Å². The summed E-state index contributed by atoms with van der Waals surface area (Å²) < 4.78 is 5.67.